The van der Waals surface area contributed by atoms with Gasteiger partial charge in [-0.2, -0.15) is 0 Å². The van der Waals surface area contributed by atoms with Crippen LogP contribution in [0, 0.1) is 0 Å². The lowest BCUT2D eigenvalue weighted by Gasteiger charge is -2.11. The summed E-state index contributed by atoms with van der Waals surface area (Å²) in [6.45, 7) is 0. The third-order valence-electron chi connectivity index (χ3n) is 2.12. The molecule has 6 heteroatoms. The van der Waals surface area contributed by atoms with Crippen molar-refractivity contribution in [3.8, 4) is 17.2 Å². The summed E-state index contributed by atoms with van der Waals surface area (Å²) in [5, 5.41) is 18.5. The van der Waals surface area contributed by atoms with Crippen molar-refractivity contribution >= 4 is 11.1 Å². The fourth-order valence-electron chi connectivity index (χ4n) is 1.38. The second-order valence-electron chi connectivity index (χ2n) is 3.12. The van der Waals surface area contributed by atoms with Crippen LogP contribution in [0.3, 0.4) is 0 Å². The molecule has 0 saturated heterocycles. The van der Waals surface area contributed by atoms with Gasteiger partial charge in [0.1, 0.15) is 0 Å². The van der Waals surface area contributed by atoms with Crippen molar-refractivity contribution in [3.63, 3.8) is 0 Å². The molecule has 1 heterocycles. The zero-order valence-electron chi connectivity index (χ0n) is 8.03. The van der Waals surface area contributed by atoms with E-state index in [0.717, 1.165) is 0 Å². The fourth-order valence-corrected chi connectivity index (χ4v) is 1.89. The molecule has 0 aliphatic carbocycles. The number of nitrogens with zero attached hydrogens (tertiary/aromatic N) is 1. The topological polar surface area (TPSA) is 85.5 Å². The Labute approximate surface area is 93.9 Å². The van der Waals surface area contributed by atoms with Crippen molar-refractivity contribution < 1.29 is 19.0 Å². The number of benzene rings is 1. The highest BCUT2D eigenvalue weighted by Crippen LogP contribution is 2.27. The molecular weight excluding hydrogens is 230 g/mol. The first-order valence-electron chi connectivity index (χ1n) is 4.38. The summed E-state index contributed by atoms with van der Waals surface area (Å²) in [5.74, 6) is -0.547. The molecule has 2 N–H and O–H groups in total. The van der Waals surface area contributed by atoms with Gasteiger partial charge in [-0.3, -0.25) is 4.21 Å². The highest BCUT2D eigenvalue weighted by molar-refractivity contribution is 7.79. The number of aromatic nitrogens is 1. The van der Waals surface area contributed by atoms with Crippen LogP contribution in [-0.4, -0.2) is 23.5 Å². The largest absolute Gasteiger partial charge is 0.767 e. The molecule has 0 aliphatic heterocycles. The fraction of sp³-hybridized carbons (Fsp3) is 0. The maximum atomic E-state index is 10.9. The molecule has 16 heavy (non-hydrogen) atoms. The molecule has 2 rings (SSSR count). The van der Waals surface area contributed by atoms with E-state index >= 15 is 0 Å². The van der Waals surface area contributed by atoms with E-state index in [9.17, 15) is 13.9 Å². The summed E-state index contributed by atoms with van der Waals surface area (Å²) in [4.78, 5) is 0. The van der Waals surface area contributed by atoms with E-state index in [0.29, 0.717) is 5.69 Å². The van der Waals surface area contributed by atoms with Gasteiger partial charge in [-0.25, -0.2) is 0 Å². The van der Waals surface area contributed by atoms with Crippen LogP contribution in [0.4, 0.5) is 0 Å². The molecule has 2 aromatic rings. The molecule has 0 amide bonds. The second kappa shape index (κ2) is 3.99. The lowest BCUT2D eigenvalue weighted by atomic mass is 10.3. The van der Waals surface area contributed by atoms with Crippen LogP contribution in [0.1, 0.15) is 0 Å². The van der Waals surface area contributed by atoms with Crippen LogP contribution in [0.2, 0.25) is 0 Å². The first-order valence-corrected chi connectivity index (χ1v) is 5.46. The van der Waals surface area contributed by atoms with E-state index in [2.05, 4.69) is 0 Å². The van der Waals surface area contributed by atoms with Gasteiger partial charge in [0.25, 0.3) is 0 Å². The molecule has 1 unspecified atom stereocenters. The van der Waals surface area contributed by atoms with Crippen molar-refractivity contribution in [2.24, 2.45) is 0 Å². The summed E-state index contributed by atoms with van der Waals surface area (Å²) in [6.07, 6.45) is 1.55. The third kappa shape index (κ3) is 1.80. The Hall–Kier alpha value is -1.79. The van der Waals surface area contributed by atoms with Gasteiger partial charge in [0.2, 0.25) is 0 Å². The number of rotatable bonds is 2. The minimum atomic E-state index is -2.35. The van der Waals surface area contributed by atoms with Crippen LogP contribution in [0.15, 0.2) is 41.6 Å². The first kappa shape index (κ1) is 10.7. The monoisotopic (exact) mass is 238 g/mol. The molecule has 1 atom stereocenters. The normalized spacial score (nSPS) is 12.6. The maximum Gasteiger partial charge on any atom is 0.159 e. The summed E-state index contributed by atoms with van der Waals surface area (Å²) in [6, 6.07) is 7.10. The van der Waals surface area contributed by atoms with Crippen molar-refractivity contribution in [1.82, 2.24) is 4.57 Å². The predicted molar refractivity (Wildman–Crippen MR) is 56.3 cm³/mol. The predicted octanol–water partition coefficient (Wildman–Crippen LogP) is 1.13. The van der Waals surface area contributed by atoms with Crippen molar-refractivity contribution in [3.05, 3.63) is 36.5 Å². The minimum absolute atomic E-state index is 0.0880. The van der Waals surface area contributed by atoms with Crippen molar-refractivity contribution in [2.75, 3.05) is 0 Å². The SMILES string of the molecule is O=S([O-])c1cccn1-c1ccc(O)c(O)c1. The average molecular weight is 238 g/mol. The minimum Gasteiger partial charge on any atom is -0.767 e. The molecule has 1 aromatic carbocycles. The van der Waals surface area contributed by atoms with Crippen LogP contribution in [0.5, 0.6) is 11.5 Å². The van der Waals surface area contributed by atoms with E-state index in [4.69, 9.17) is 5.11 Å². The number of phenols is 2. The summed E-state index contributed by atoms with van der Waals surface area (Å²) >= 11 is -2.35. The standard InChI is InChI=1S/C10H9NO4S/c12-8-4-3-7(6-9(8)13)11-5-1-2-10(11)16(14)15/h1-6,12-13H,(H,14,15)/p-1. The Morgan fingerprint density at radius 2 is 1.94 bits per heavy atom. The third-order valence-corrected chi connectivity index (χ3v) is 2.79. The average Bonchev–Trinajstić information content (AvgIpc) is 2.71. The number of aromatic hydroxyl groups is 2. The van der Waals surface area contributed by atoms with Gasteiger partial charge in [-0.15, -0.1) is 0 Å². The summed E-state index contributed by atoms with van der Waals surface area (Å²) < 4.78 is 23.1. The molecule has 0 saturated carbocycles. The van der Waals surface area contributed by atoms with Crippen LogP contribution < -0.4 is 0 Å². The molecule has 0 bridgehead atoms. The Morgan fingerprint density at radius 3 is 2.56 bits per heavy atom. The summed E-state index contributed by atoms with van der Waals surface area (Å²) in [5.41, 5.74) is 0.458. The lowest BCUT2D eigenvalue weighted by Crippen LogP contribution is -2.00. The highest BCUT2D eigenvalue weighted by atomic mass is 32.2. The highest BCUT2D eigenvalue weighted by Gasteiger charge is 2.06. The smallest absolute Gasteiger partial charge is 0.159 e. The van der Waals surface area contributed by atoms with E-state index in [1.165, 1.54) is 28.8 Å². The molecular formula is C10H8NO4S-. The van der Waals surface area contributed by atoms with Crippen LogP contribution >= 0.6 is 0 Å². The first-order chi connectivity index (χ1) is 7.59. The van der Waals surface area contributed by atoms with Crippen molar-refractivity contribution in [1.29, 1.82) is 0 Å². The molecule has 0 spiro atoms. The van der Waals surface area contributed by atoms with E-state index < -0.39 is 11.1 Å². The van der Waals surface area contributed by atoms with E-state index in [-0.39, 0.29) is 16.5 Å². The molecule has 5 nitrogen and oxygen atoms in total. The van der Waals surface area contributed by atoms with E-state index in [1.54, 1.807) is 12.3 Å². The molecule has 0 radical (unpaired) electrons. The molecule has 84 valence electrons. The van der Waals surface area contributed by atoms with Crippen molar-refractivity contribution in [2.45, 2.75) is 5.03 Å². The second-order valence-corrected chi connectivity index (χ2v) is 4.01. The zero-order chi connectivity index (χ0) is 11.7. The van der Waals surface area contributed by atoms with Gasteiger partial charge in [0.15, 0.2) is 11.5 Å². The van der Waals surface area contributed by atoms with Gasteiger partial charge in [-0.1, -0.05) is 0 Å². The summed E-state index contributed by atoms with van der Waals surface area (Å²) in [7, 11) is 0. The number of phenolic OH excluding ortho intramolecular Hbond substituents is 2. The van der Waals surface area contributed by atoms with Gasteiger partial charge in [0, 0.05) is 12.3 Å². The van der Waals surface area contributed by atoms with Crippen LogP contribution in [-0.2, 0) is 11.1 Å². The Bertz CT molecular complexity index is 550. The molecule has 1 aromatic heterocycles. The number of hydrogen-bond acceptors (Lipinski definition) is 4. The quantitative estimate of drug-likeness (QED) is 0.606. The Kier molecular flexibility index (Phi) is 2.67. The van der Waals surface area contributed by atoms with Crippen LogP contribution in [0.25, 0.3) is 5.69 Å². The van der Waals surface area contributed by atoms with Gasteiger partial charge in [-0.05, 0) is 35.3 Å². The molecule has 0 fully saturated rings. The Morgan fingerprint density at radius 1 is 1.19 bits per heavy atom. The lowest BCUT2D eigenvalue weighted by molar-refractivity contribution is 0.403. The number of hydrogen-bond donors (Lipinski definition) is 2. The van der Waals surface area contributed by atoms with Gasteiger partial charge >= 0.3 is 0 Å². The molecule has 0 aliphatic rings. The van der Waals surface area contributed by atoms with Gasteiger partial charge < -0.3 is 19.3 Å². The van der Waals surface area contributed by atoms with Gasteiger partial charge in [0.05, 0.1) is 10.7 Å². The zero-order valence-corrected chi connectivity index (χ0v) is 8.85. The van der Waals surface area contributed by atoms with E-state index in [1.807, 2.05) is 0 Å². The Balaban J connectivity index is 2.54. The maximum absolute atomic E-state index is 10.9.